The van der Waals surface area contributed by atoms with Gasteiger partial charge in [0, 0.05) is 0 Å². The molecule has 0 aliphatic heterocycles. The van der Waals surface area contributed by atoms with Crippen molar-refractivity contribution in [2.24, 2.45) is 5.92 Å². The van der Waals surface area contributed by atoms with Crippen molar-refractivity contribution in [3.8, 4) is 0 Å². The molecule has 0 aliphatic rings. The van der Waals surface area contributed by atoms with Crippen molar-refractivity contribution in [3.05, 3.63) is 0 Å². The maximum absolute atomic E-state index is 9.25. The van der Waals surface area contributed by atoms with Crippen LogP contribution in [-0.2, 0) is 10.4 Å². The number of unbranched alkanes of at least 4 members (excludes halogenated alkanes) is 7. The van der Waals surface area contributed by atoms with Gasteiger partial charge >= 0.3 is 10.4 Å². The first-order valence-electron chi connectivity index (χ1n) is 8.04. The normalized spacial score (nSPS) is 14.2. The molecule has 3 N–H and O–H groups in total. The molecule has 0 aromatic carbocycles. The zero-order chi connectivity index (χ0) is 16.7. The van der Waals surface area contributed by atoms with Crippen LogP contribution in [0.5, 0.6) is 0 Å². The standard InChI is InChI=1S/C15H32O.H2O4S/c1-4-5-6-7-8-9-10-11-12-14(2)13-15(3)16;1-5(2,3)4/h14-16H,4-13H2,1-3H3;(H2,1,2,3,4). The molecule has 2 atom stereocenters. The van der Waals surface area contributed by atoms with E-state index in [-0.39, 0.29) is 6.10 Å². The fraction of sp³-hybridized carbons (Fsp3) is 1.00. The van der Waals surface area contributed by atoms with E-state index in [1.54, 1.807) is 0 Å². The highest BCUT2D eigenvalue weighted by Gasteiger charge is 2.05. The van der Waals surface area contributed by atoms with Gasteiger partial charge in [-0.15, -0.1) is 0 Å². The van der Waals surface area contributed by atoms with Crippen LogP contribution in [0.4, 0.5) is 0 Å². The van der Waals surface area contributed by atoms with E-state index in [0.29, 0.717) is 5.92 Å². The highest BCUT2D eigenvalue weighted by molar-refractivity contribution is 7.79. The van der Waals surface area contributed by atoms with Gasteiger partial charge in [-0.05, 0) is 19.3 Å². The van der Waals surface area contributed by atoms with E-state index in [0.717, 1.165) is 6.42 Å². The van der Waals surface area contributed by atoms with Crippen molar-refractivity contribution in [3.63, 3.8) is 0 Å². The lowest BCUT2D eigenvalue weighted by Gasteiger charge is -2.12. The Labute approximate surface area is 130 Å². The zero-order valence-electron chi connectivity index (χ0n) is 13.8. The average molecular weight is 326 g/mol. The van der Waals surface area contributed by atoms with Crippen LogP contribution in [-0.4, -0.2) is 28.7 Å². The van der Waals surface area contributed by atoms with Crippen molar-refractivity contribution in [2.75, 3.05) is 0 Å². The Morgan fingerprint density at radius 1 is 0.857 bits per heavy atom. The van der Waals surface area contributed by atoms with Crippen LogP contribution in [0.1, 0.15) is 85.0 Å². The Morgan fingerprint density at radius 2 is 1.24 bits per heavy atom. The first-order valence-corrected chi connectivity index (χ1v) is 9.44. The number of hydrogen-bond donors (Lipinski definition) is 3. The third-order valence-electron chi connectivity index (χ3n) is 3.29. The molecule has 0 heterocycles. The van der Waals surface area contributed by atoms with E-state index in [9.17, 15) is 5.11 Å². The van der Waals surface area contributed by atoms with Gasteiger partial charge in [-0.3, -0.25) is 9.11 Å². The molecule has 0 radical (unpaired) electrons. The van der Waals surface area contributed by atoms with E-state index in [1.165, 1.54) is 57.8 Å². The molecule has 2 unspecified atom stereocenters. The van der Waals surface area contributed by atoms with Gasteiger partial charge in [-0.1, -0.05) is 71.6 Å². The minimum atomic E-state index is -4.67. The molecule has 0 saturated carbocycles. The largest absolute Gasteiger partial charge is 0.394 e. The van der Waals surface area contributed by atoms with Crippen molar-refractivity contribution >= 4 is 10.4 Å². The monoisotopic (exact) mass is 326 g/mol. The lowest BCUT2D eigenvalue weighted by atomic mass is 9.97. The minimum Gasteiger partial charge on any atom is -0.393 e. The molecule has 0 rings (SSSR count). The van der Waals surface area contributed by atoms with Crippen molar-refractivity contribution in [1.82, 2.24) is 0 Å². The fourth-order valence-corrected chi connectivity index (χ4v) is 2.33. The van der Waals surface area contributed by atoms with Crippen molar-refractivity contribution in [2.45, 2.75) is 91.1 Å². The molecule has 0 fully saturated rings. The van der Waals surface area contributed by atoms with Gasteiger partial charge in [0.05, 0.1) is 6.10 Å². The Kier molecular flexibility index (Phi) is 16.2. The van der Waals surface area contributed by atoms with Gasteiger partial charge in [0.25, 0.3) is 0 Å². The Balaban J connectivity index is 0. The average Bonchev–Trinajstić information content (AvgIpc) is 2.29. The Hall–Kier alpha value is -0.170. The molecule has 0 spiro atoms. The van der Waals surface area contributed by atoms with Gasteiger partial charge < -0.3 is 5.11 Å². The highest BCUT2D eigenvalue weighted by Crippen LogP contribution is 2.16. The molecule has 0 saturated heterocycles. The quantitative estimate of drug-likeness (QED) is 0.389. The van der Waals surface area contributed by atoms with Crippen LogP contribution < -0.4 is 0 Å². The molecule has 5 nitrogen and oxygen atoms in total. The molecular formula is C15H34O5S. The molecule has 21 heavy (non-hydrogen) atoms. The van der Waals surface area contributed by atoms with E-state index in [2.05, 4.69) is 13.8 Å². The van der Waals surface area contributed by atoms with Gasteiger partial charge in [-0.2, -0.15) is 8.42 Å². The van der Waals surface area contributed by atoms with Crippen molar-refractivity contribution < 1.29 is 22.6 Å². The van der Waals surface area contributed by atoms with Crippen LogP contribution in [0.25, 0.3) is 0 Å². The minimum absolute atomic E-state index is 0.121. The molecule has 130 valence electrons. The first-order chi connectivity index (χ1) is 9.66. The summed E-state index contributed by atoms with van der Waals surface area (Å²) in [5, 5.41) is 9.25. The predicted octanol–water partition coefficient (Wildman–Crippen LogP) is 4.27. The Bertz CT molecular complexity index is 293. The topological polar surface area (TPSA) is 94.8 Å². The third-order valence-corrected chi connectivity index (χ3v) is 3.29. The summed E-state index contributed by atoms with van der Waals surface area (Å²) in [5.41, 5.74) is 0. The lowest BCUT2D eigenvalue weighted by molar-refractivity contribution is 0.161. The summed E-state index contributed by atoms with van der Waals surface area (Å²) in [4.78, 5) is 0. The SMILES string of the molecule is CCCCCCCCCCC(C)CC(C)O.O=S(=O)(O)O. The Morgan fingerprint density at radius 3 is 1.62 bits per heavy atom. The predicted molar refractivity (Wildman–Crippen MR) is 86.9 cm³/mol. The zero-order valence-corrected chi connectivity index (χ0v) is 14.6. The van der Waals surface area contributed by atoms with Crippen molar-refractivity contribution in [1.29, 1.82) is 0 Å². The maximum atomic E-state index is 9.25. The van der Waals surface area contributed by atoms with E-state index in [4.69, 9.17) is 17.5 Å². The van der Waals surface area contributed by atoms with Gasteiger partial charge in [-0.25, -0.2) is 0 Å². The molecule has 0 aromatic rings. The lowest BCUT2D eigenvalue weighted by Crippen LogP contribution is -2.06. The molecular weight excluding hydrogens is 292 g/mol. The van der Waals surface area contributed by atoms with E-state index in [1.807, 2.05) is 6.92 Å². The number of aliphatic hydroxyl groups excluding tert-OH is 1. The summed E-state index contributed by atoms with van der Waals surface area (Å²) in [5.74, 6) is 0.695. The van der Waals surface area contributed by atoms with E-state index < -0.39 is 10.4 Å². The number of aliphatic hydroxyl groups is 1. The summed E-state index contributed by atoms with van der Waals surface area (Å²) in [6.45, 7) is 6.42. The molecule has 0 aliphatic carbocycles. The molecule has 0 aromatic heterocycles. The van der Waals surface area contributed by atoms with Crippen LogP contribution in [0, 0.1) is 5.92 Å². The first kappa shape index (κ1) is 23.1. The maximum Gasteiger partial charge on any atom is 0.394 e. The van der Waals surface area contributed by atoms with E-state index >= 15 is 0 Å². The fourth-order valence-electron chi connectivity index (χ4n) is 2.33. The molecule has 0 amide bonds. The smallest absolute Gasteiger partial charge is 0.393 e. The summed E-state index contributed by atoms with van der Waals surface area (Å²) in [6.07, 6.45) is 13.3. The second-order valence-electron chi connectivity index (χ2n) is 5.90. The highest BCUT2D eigenvalue weighted by atomic mass is 32.3. The van der Waals surface area contributed by atoms with Gasteiger partial charge in [0.2, 0.25) is 0 Å². The second kappa shape index (κ2) is 14.8. The summed E-state index contributed by atoms with van der Waals surface area (Å²) < 4.78 is 31.6. The van der Waals surface area contributed by atoms with Crippen LogP contribution >= 0.6 is 0 Å². The number of hydrogen-bond acceptors (Lipinski definition) is 3. The molecule has 6 heteroatoms. The summed E-state index contributed by atoms with van der Waals surface area (Å²) >= 11 is 0. The molecule has 0 bridgehead atoms. The third kappa shape index (κ3) is 33.0. The summed E-state index contributed by atoms with van der Waals surface area (Å²) in [7, 11) is -4.67. The summed E-state index contributed by atoms with van der Waals surface area (Å²) in [6, 6.07) is 0. The number of rotatable bonds is 11. The van der Waals surface area contributed by atoms with Gasteiger partial charge in [0.15, 0.2) is 0 Å². The second-order valence-corrected chi connectivity index (χ2v) is 6.80. The van der Waals surface area contributed by atoms with Crippen LogP contribution in [0.2, 0.25) is 0 Å². The van der Waals surface area contributed by atoms with Crippen LogP contribution in [0.3, 0.4) is 0 Å². The van der Waals surface area contributed by atoms with Gasteiger partial charge in [0.1, 0.15) is 0 Å². The van der Waals surface area contributed by atoms with Crippen LogP contribution in [0.15, 0.2) is 0 Å².